The third-order valence-corrected chi connectivity index (χ3v) is 5.03. The Labute approximate surface area is 186 Å². The van der Waals surface area contributed by atoms with Gasteiger partial charge in [-0.3, -0.25) is 9.36 Å². The van der Waals surface area contributed by atoms with Gasteiger partial charge in [0.1, 0.15) is 18.0 Å². The Morgan fingerprint density at radius 1 is 1.12 bits per heavy atom. The topological polar surface area (TPSA) is 137 Å². The van der Waals surface area contributed by atoms with Gasteiger partial charge in [0.05, 0.1) is 11.4 Å². The zero-order valence-electron chi connectivity index (χ0n) is 16.9. The molecule has 0 saturated carbocycles. The molecule has 2 aromatic heterocycles. The van der Waals surface area contributed by atoms with Gasteiger partial charge in [-0.15, -0.1) is 10.2 Å². The van der Waals surface area contributed by atoms with Crippen LogP contribution in [0, 0.1) is 5.82 Å². The number of halogens is 1. The summed E-state index contributed by atoms with van der Waals surface area (Å²) < 4.78 is 14.9. The first-order valence-corrected chi connectivity index (χ1v) is 10.4. The van der Waals surface area contributed by atoms with Crippen LogP contribution in [0.5, 0.6) is 0 Å². The predicted molar refractivity (Wildman–Crippen MR) is 119 cm³/mol. The number of amides is 1. The lowest BCUT2D eigenvalue weighted by atomic mass is 10.2. The molecule has 0 aliphatic heterocycles. The van der Waals surface area contributed by atoms with Crippen LogP contribution in [0.15, 0.2) is 60.0 Å². The van der Waals surface area contributed by atoms with Crippen molar-refractivity contribution in [3.05, 3.63) is 66.5 Å². The molecular formula is C20H18FN9OS. The molecule has 0 fully saturated rings. The molecule has 0 aliphatic carbocycles. The van der Waals surface area contributed by atoms with Gasteiger partial charge in [0.15, 0.2) is 5.16 Å². The lowest BCUT2D eigenvalue weighted by molar-refractivity contribution is -0.114. The number of carbonyl (C=O) groups excluding carboxylic acids is 1. The Morgan fingerprint density at radius 3 is 2.72 bits per heavy atom. The summed E-state index contributed by atoms with van der Waals surface area (Å²) in [5, 5.41) is 14.5. The van der Waals surface area contributed by atoms with E-state index in [0.29, 0.717) is 28.1 Å². The lowest BCUT2D eigenvalue weighted by Crippen LogP contribution is -2.07. The maximum atomic E-state index is 13.1. The number of carbonyl (C=O) groups is 1. The fourth-order valence-electron chi connectivity index (χ4n) is 2.79. The van der Waals surface area contributed by atoms with Crippen LogP contribution in [0.25, 0.3) is 5.69 Å². The van der Waals surface area contributed by atoms with Crippen molar-refractivity contribution in [1.82, 2.24) is 29.7 Å². The third-order valence-electron chi connectivity index (χ3n) is 4.09. The number of rotatable bonds is 7. The van der Waals surface area contributed by atoms with Crippen LogP contribution in [0.3, 0.4) is 0 Å². The Hall–Kier alpha value is -4.06. The molecule has 2 aromatic carbocycles. The number of thioether (sulfide) groups is 1. The van der Waals surface area contributed by atoms with Crippen LogP contribution in [0.4, 0.5) is 27.7 Å². The molecule has 12 heteroatoms. The normalized spacial score (nSPS) is 10.7. The van der Waals surface area contributed by atoms with Gasteiger partial charge >= 0.3 is 0 Å². The fraction of sp³-hybridized carbons (Fsp3) is 0.100. The van der Waals surface area contributed by atoms with Crippen LogP contribution < -0.4 is 16.4 Å². The van der Waals surface area contributed by atoms with Crippen molar-refractivity contribution in [3.63, 3.8) is 0 Å². The molecule has 0 radical (unpaired) electrons. The average molecular weight is 451 g/mol. The summed E-state index contributed by atoms with van der Waals surface area (Å²) in [6, 6.07) is 13.1. The van der Waals surface area contributed by atoms with Crippen molar-refractivity contribution in [1.29, 1.82) is 0 Å². The van der Waals surface area contributed by atoms with Crippen molar-refractivity contribution in [3.8, 4) is 5.69 Å². The van der Waals surface area contributed by atoms with Crippen LogP contribution in [0.2, 0.25) is 0 Å². The van der Waals surface area contributed by atoms with Crippen molar-refractivity contribution in [2.75, 3.05) is 16.4 Å². The molecule has 2 heterocycles. The van der Waals surface area contributed by atoms with Crippen molar-refractivity contribution in [2.24, 2.45) is 0 Å². The molecule has 4 N–H and O–H groups in total. The standard InChI is InChI=1S/C20H18FN9OS/c1-12(31)24-15-3-2-4-16(9-15)30-11-23-29-20(30)32-10-17-26-18(22)28-19(27-17)25-14-7-5-13(21)6-8-14/h2-9,11H,10H2,1H3,(H,24,31)(H3,22,25,26,27,28). The lowest BCUT2D eigenvalue weighted by Gasteiger charge is -2.09. The SMILES string of the molecule is CC(=O)Nc1cccc(-n2cnnc2SCc2nc(N)nc(Nc3ccc(F)cc3)n2)c1. The highest BCUT2D eigenvalue weighted by atomic mass is 32.2. The summed E-state index contributed by atoms with van der Waals surface area (Å²) in [4.78, 5) is 23.9. The molecule has 0 bridgehead atoms. The first-order valence-electron chi connectivity index (χ1n) is 9.40. The van der Waals surface area contributed by atoms with Crippen molar-refractivity contribution < 1.29 is 9.18 Å². The van der Waals surface area contributed by atoms with Crippen LogP contribution in [0.1, 0.15) is 12.7 Å². The van der Waals surface area contributed by atoms with E-state index >= 15 is 0 Å². The summed E-state index contributed by atoms with van der Waals surface area (Å²) in [7, 11) is 0. The van der Waals surface area contributed by atoms with E-state index in [2.05, 4.69) is 35.8 Å². The van der Waals surface area contributed by atoms with Crippen molar-refractivity contribution >= 4 is 40.9 Å². The van der Waals surface area contributed by atoms with Crippen LogP contribution >= 0.6 is 11.8 Å². The van der Waals surface area contributed by atoms with E-state index < -0.39 is 0 Å². The maximum Gasteiger partial charge on any atom is 0.232 e. The first-order chi connectivity index (χ1) is 15.5. The molecular weight excluding hydrogens is 433 g/mol. The van der Waals surface area contributed by atoms with Gasteiger partial charge < -0.3 is 16.4 Å². The van der Waals surface area contributed by atoms with E-state index in [1.807, 2.05) is 18.2 Å². The first kappa shape index (κ1) is 21.2. The molecule has 0 atom stereocenters. The summed E-state index contributed by atoms with van der Waals surface area (Å²) in [5.41, 5.74) is 7.90. The number of nitrogens with two attached hydrogens (primary N) is 1. The molecule has 0 unspecified atom stereocenters. The van der Waals surface area contributed by atoms with E-state index in [0.717, 1.165) is 5.69 Å². The Kier molecular flexibility index (Phi) is 6.22. The Balaban J connectivity index is 1.49. The van der Waals surface area contributed by atoms with E-state index in [9.17, 15) is 9.18 Å². The zero-order chi connectivity index (χ0) is 22.5. The number of aromatic nitrogens is 6. The number of anilines is 4. The maximum absolute atomic E-state index is 13.1. The monoisotopic (exact) mass is 451 g/mol. The molecule has 162 valence electrons. The number of nitrogens with zero attached hydrogens (tertiary/aromatic N) is 6. The smallest absolute Gasteiger partial charge is 0.232 e. The minimum Gasteiger partial charge on any atom is -0.368 e. The van der Waals surface area contributed by atoms with Gasteiger partial charge in [-0.25, -0.2) is 4.39 Å². The number of benzene rings is 2. The molecule has 4 rings (SSSR count). The number of hydrogen-bond donors (Lipinski definition) is 3. The molecule has 1 amide bonds. The fourth-order valence-corrected chi connectivity index (χ4v) is 3.57. The molecule has 0 aliphatic rings. The van der Waals surface area contributed by atoms with Gasteiger partial charge in [0.25, 0.3) is 0 Å². The predicted octanol–water partition coefficient (Wildman–Crippen LogP) is 3.17. The highest BCUT2D eigenvalue weighted by Crippen LogP contribution is 2.24. The zero-order valence-corrected chi connectivity index (χ0v) is 17.7. The Morgan fingerprint density at radius 2 is 1.94 bits per heavy atom. The molecule has 0 saturated heterocycles. The largest absolute Gasteiger partial charge is 0.368 e. The highest BCUT2D eigenvalue weighted by Gasteiger charge is 2.11. The molecule has 0 spiro atoms. The van der Waals surface area contributed by atoms with E-state index in [-0.39, 0.29) is 23.6 Å². The molecule has 32 heavy (non-hydrogen) atoms. The third kappa shape index (κ3) is 5.35. The number of nitrogen functional groups attached to an aromatic ring is 1. The summed E-state index contributed by atoms with van der Waals surface area (Å²) in [5.74, 6) is 0.615. The van der Waals surface area contributed by atoms with E-state index in [1.165, 1.54) is 30.8 Å². The van der Waals surface area contributed by atoms with Crippen LogP contribution in [-0.4, -0.2) is 35.6 Å². The average Bonchev–Trinajstić information content (AvgIpc) is 3.22. The quantitative estimate of drug-likeness (QED) is 0.362. The number of nitrogens with one attached hydrogen (secondary N) is 2. The molecule has 4 aromatic rings. The summed E-state index contributed by atoms with van der Waals surface area (Å²) >= 11 is 1.36. The second kappa shape index (κ2) is 9.39. The van der Waals surface area contributed by atoms with Gasteiger partial charge in [-0.2, -0.15) is 15.0 Å². The highest BCUT2D eigenvalue weighted by molar-refractivity contribution is 7.98. The van der Waals surface area contributed by atoms with Gasteiger partial charge in [-0.05, 0) is 42.5 Å². The minimum atomic E-state index is -0.338. The van der Waals surface area contributed by atoms with E-state index in [1.54, 1.807) is 29.1 Å². The molecule has 10 nitrogen and oxygen atoms in total. The van der Waals surface area contributed by atoms with Crippen LogP contribution in [-0.2, 0) is 10.5 Å². The van der Waals surface area contributed by atoms with Gasteiger partial charge in [-0.1, -0.05) is 17.8 Å². The Bertz CT molecular complexity index is 1250. The second-order valence-corrected chi connectivity index (χ2v) is 7.51. The van der Waals surface area contributed by atoms with Gasteiger partial charge in [0, 0.05) is 18.3 Å². The van der Waals surface area contributed by atoms with Crippen molar-refractivity contribution in [2.45, 2.75) is 17.8 Å². The minimum absolute atomic E-state index is 0.0599. The second-order valence-electron chi connectivity index (χ2n) is 6.57. The van der Waals surface area contributed by atoms with E-state index in [4.69, 9.17) is 5.73 Å². The number of hydrogen-bond acceptors (Lipinski definition) is 9. The summed E-state index contributed by atoms with van der Waals surface area (Å²) in [6.45, 7) is 1.45. The summed E-state index contributed by atoms with van der Waals surface area (Å²) in [6.07, 6.45) is 1.58. The van der Waals surface area contributed by atoms with Gasteiger partial charge in [0.2, 0.25) is 17.8 Å².